The van der Waals surface area contributed by atoms with E-state index in [1.807, 2.05) is 0 Å². The van der Waals surface area contributed by atoms with Crippen LogP contribution < -0.4 is 4.74 Å². The Kier molecular flexibility index (Phi) is 4.34. The number of hydrogen-bond donors (Lipinski definition) is 1. The first-order chi connectivity index (χ1) is 9.63. The van der Waals surface area contributed by atoms with Crippen LogP contribution in [0.15, 0.2) is 42.5 Å². The minimum Gasteiger partial charge on any atom is -0.488 e. The molecule has 0 amide bonds. The van der Waals surface area contributed by atoms with Crippen LogP contribution in [0, 0.1) is 17.1 Å². The van der Waals surface area contributed by atoms with E-state index in [2.05, 4.69) is 0 Å². The number of ether oxygens (including phenoxy) is 1. The number of halogens is 1. The van der Waals surface area contributed by atoms with Crippen molar-refractivity contribution in [3.05, 3.63) is 65.0 Å². The molecule has 102 valence electrons. The third kappa shape index (κ3) is 2.95. The topological polar surface area (TPSA) is 53.2 Å². The van der Waals surface area contributed by atoms with Crippen molar-refractivity contribution in [2.45, 2.75) is 19.6 Å². The van der Waals surface area contributed by atoms with E-state index < -0.39 is 11.9 Å². The highest BCUT2D eigenvalue weighted by molar-refractivity contribution is 5.37. The molecule has 2 aromatic rings. The maximum absolute atomic E-state index is 13.9. The van der Waals surface area contributed by atoms with Gasteiger partial charge in [0.25, 0.3) is 0 Å². The van der Waals surface area contributed by atoms with E-state index in [0.29, 0.717) is 16.9 Å². The smallest absolute Gasteiger partial charge is 0.147 e. The highest BCUT2D eigenvalue weighted by Crippen LogP contribution is 2.25. The molecule has 0 aliphatic carbocycles. The molecular weight excluding hydrogens is 257 g/mol. The van der Waals surface area contributed by atoms with Gasteiger partial charge in [0.05, 0.1) is 11.7 Å². The molecule has 0 aromatic heterocycles. The fourth-order valence-corrected chi connectivity index (χ4v) is 1.89. The van der Waals surface area contributed by atoms with Crippen molar-refractivity contribution in [2.75, 3.05) is 0 Å². The summed E-state index contributed by atoms with van der Waals surface area (Å²) >= 11 is 0. The first-order valence-corrected chi connectivity index (χ1v) is 6.20. The monoisotopic (exact) mass is 271 g/mol. The van der Waals surface area contributed by atoms with Gasteiger partial charge in [0.15, 0.2) is 0 Å². The van der Waals surface area contributed by atoms with Gasteiger partial charge in [-0.1, -0.05) is 30.3 Å². The van der Waals surface area contributed by atoms with Gasteiger partial charge in [-0.3, -0.25) is 0 Å². The molecule has 0 saturated carbocycles. The van der Waals surface area contributed by atoms with Crippen LogP contribution in [0.3, 0.4) is 0 Å². The largest absolute Gasteiger partial charge is 0.488 e. The van der Waals surface area contributed by atoms with Crippen LogP contribution in [0.5, 0.6) is 5.75 Å². The Bertz CT molecular complexity index is 647. The van der Waals surface area contributed by atoms with Crippen LogP contribution in [0.25, 0.3) is 0 Å². The zero-order chi connectivity index (χ0) is 14.5. The minimum atomic E-state index is -0.665. The van der Waals surface area contributed by atoms with Crippen LogP contribution >= 0.6 is 0 Å². The zero-order valence-electron chi connectivity index (χ0n) is 11.0. The summed E-state index contributed by atoms with van der Waals surface area (Å²) in [6.07, 6.45) is -0.665. The summed E-state index contributed by atoms with van der Waals surface area (Å²) in [7, 11) is 0. The molecule has 1 N–H and O–H groups in total. The Morgan fingerprint density at radius 3 is 2.70 bits per heavy atom. The highest BCUT2D eigenvalue weighted by atomic mass is 19.1. The predicted molar refractivity (Wildman–Crippen MR) is 72.5 cm³/mol. The molecule has 3 nitrogen and oxygen atoms in total. The van der Waals surface area contributed by atoms with Crippen LogP contribution in [0.2, 0.25) is 0 Å². The number of rotatable bonds is 4. The number of nitrogens with zero attached hydrogens (tertiary/aromatic N) is 1. The number of nitriles is 1. The van der Waals surface area contributed by atoms with Crippen LogP contribution in [-0.4, -0.2) is 5.11 Å². The van der Waals surface area contributed by atoms with Crippen molar-refractivity contribution >= 4 is 0 Å². The summed E-state index contributed by atoms with van der Waals surface area (Å²) in [6, 6.07) is 13.4. The molecule has 2 rings (SSSR count). The van der Waals surface area contributed by atoms with Gasteiger partial charge < -0.3 is 9.84 Å². The quantitative estimate of drug-likeness (QED) is 0.928. The lowest BCUT2D eigenvalue weighted by molar-refractivity contribution is 0.190. The molecular formula is C16H14FNO2. The summed E-state index contributed by atoms with van der Waals surface area (Å²) in [4.78, 5) is 0. The Morgan fingerprint density at radius 2 is 2.00 bits per heavy atom. The molecule has 2 aromatic carbocycles. The number of hydrogen-bond acceptors (Lipinski definition) is 3. The lowest BCUT2D eigenvalue weighted by Crippen LogP contribution is -2.03. The average molecular weight is 271 g/mol. The SMILES string of the molecule is C[C@H](O)c1ccccc1OCc1cccc(C#N)c1F. The van der Waals surface area contributed by atoms with E-state index in [4.69, 9.17) is 10.00 Å². The van der Waals surface area contributed by atoms with E-state index in [1.54, 1.807) is 49.4 Å². The van der Waals surface area contributed by atoms with Crippen molar-refractivity contribution in [3.8, 4) is 11.8 Å². The van der Waals surface area contributed by atoms with Gasteiger partial charge in [-0.05, 0) is 19.1 Å². The lowest BCUT2D eigenvalue weighted by atomic mass is 10.1. The number of para-hydroxylation sites is 1. The second-order valence-electron chi connectivity index (χ2n) is 4.39. The van der Waals surface area contributed by atoms with E-state index in [-0.39, 0.29) is 12.2 Å². The van der Waals surface area contributed by atoms with Crippen LogP contribution in [-0.2, 0) is 6.61 Å². The maximum Gasteiger partial charge on any atom is 0.147 e. The summed E-state index contributed by atoms with van der Waals surface area (Å²) in [5.74, 6) is -0.0613. The van der Waals surface area contributed by atoms with E-state index in [1.165, 1.54) is 6.07 Å². The Hall–Kier alpha value is -2.38. The molecule has 0 radical (unpaired) electrons. The summed E-state index contributed by atoms with van der Waals surface area (Å²) in [5, 5.41) is 18.4. The predicted octanol–water partition coefficient (Wildman–Crippen LogP) is 3.33. The number of aliphatic hydroxyl groups excluding tert-OH is 1. The fourth-order valence-electron chi connectivity index (χ4n) is 1.89. The maximum atomic E-state index is 13.9. The van der Waals surface area contributed by atoms with Gasteiger partial charge in [-0.25, -0.2) is 4.39 Å². The molecule has 0 saturated heterocycles. The van der Waals surface area contributed by atoms with E-state index in [9.17, 15) is 9.50 Å². The Morgan fingerprint density at radius 1 is 1.25 bits per heavy atom. The molecule has 0 unspecified atom stereocenters. The molecule has 0 fully saturated rings. The van der Waals surface area contributed by atoms with Crippen LogP contribution in [0.4, 0.5) is 4.39 Å². The molecule has 0 aliphatic rings. The van der Waals surface area contributed by atoms with Crippen LogP contribution in [0.1, 0.15) is 29.7 Å². The van der Waals surface area contributed by atoms with Crippen molar-refractivity contribution in [2.24, 2.45) is 0 Å². The summed E-state index contributed by atoms with van der Waals surface area (Å²) < 4.78 is 19.4. The molecule has 20 heavy (non-hydrogen) atoms. The van der Waals surface area contributed by atoms with E-state index in [0.717, 1.165) is 0 Å². The number of benzene rings is 2. The van der Waals surface area contributed by atoms with Gasteiger partial charge in [0.2, 0.25) is 0 Å². The van der Waals surface area contributed by atoms with Crippen molar-refractivity contribution in [1.29, 1.82) is 5.26 Å². The third-order valence-electron chi connectivity index (χ3n) is 2.95. The van der Waals surface area contributed by atoms with Gasteiger partial charge in [-0.15, -0.1) is 0 Å². The first kappa shape index (κ1) is 14.0. The Labute approximate surface area is 116 Å². The van der Waals surface area contributed by atoms with Gasteiger partial charge >= 0.3 is 0 Å². The molecule has 0 bridgehead atoms. The molecule has 0 spiro atoms. The van der Waals surface area contributed by atoms with Gasteiger partial charge in [-0.2, -0.15) is 5.26 Å². The summed E-state index contributed by atoms with van der Waals surface area (Å²) in [5.41, 5.74) is 0.948. The third-order valence-corrected chi connectivity index (χ3v) is 2.95. The molecule has 4 heteroatoms. The fraction of sp³-hybridized carbons (Fsp3) is 0.188. The normalized spacial score (nSPS) is 11.7. The van der Waals surface area contributed by atoms with Gasteiger partial charge in [0.1, 0.15) is 24.2 Å². The van der Waals surface area contributed by atoms with Crippen molar-refractivity contribution in [1.82, 2.24) is 0 Å². The van der Waals surface area contributed by atoms with Crippen molar-refractivity contribution in [3.63, 3.8) is 0 Å². The van der Waals surface area contributed by atoms with Gasteiger partial charge in [0, 0.05) is 11.1 Å². The number of aliphatic hydroxyl groups is 1. The first-order valence-electron chi connectivity index (χ1n) is 6.20. The highest BCUT2D eigenvalue weighted by Gasteiger charge is 2.11. The second-order valence-corrected chi connectivity index (χ2v) is 4.39. The summed E-state index contributed by atoms with van der Waals surface area (Å²) in [6.45, 7) is 1.64. The molecule has 0 aliphatic heterocycles. The van der Waals surface area contributed by atoms with E-state index >= 15 is 0 Å². The Balaban J connectivity index is 2.20. The average Bonchev–Trinajstić information content (AvgIpc) is 2.46. The lowest BCUT2D eigenvalue weighted by Gasteiger charge is -2.13. The van der Waals surface area contributed by atoms with Crippen molar-refractivity contribution < 1.29 is 14.2 Å². The minimum absolute atomic E-state index is 0.00471. The molecule has 1 atom stereocenters. The second kappa shape index (κ2) is 6.18. The zero-order valence-corrected chi connectivity index (χ0v) is 11.0. The molecule has 0 heterocycles. The standard InChI is InChI=1S/C16H14FNO2/c1-11(19)14-7-2-3-8-15(14)20-10-13-6-4-5-12(9-18)16(13)17/h2-8,11,19H,10H2,1H3/t11-/m0/s1.